The molecule has 1 aromatic rings. The summed E-state index contributed by atoms with van der Waals surface area (Å²) in [6, 6.07) is 7.55. The highest BCUT2D eigenvalue weighted by Gasteiger charge is 2.31. The van der Waals surface area contributed by atoms with Gasteiger partial charge in [0.2, 0.25) is 0 Å². The molecule has 90 valence electrons. The molecule has 1 rings (SSSR count). The van der Waals surface area contributed by atoms with Crippen molar-refractivity contribution in [3.05, 3.63) is 34.9 Å². The zero-order valence-corrected chi connectivity index (χ0v) is 10.8. The van der Waals surface area contributed by atoms with E-state index in [2.05, 4.69) is 0 Å². The van der Waals surface area contributed by atoms with Gasteiger partial charge in [0.05, 0.1) is 12.2 Å². The third kappa shape index (κ3) is 3.48. The van der Waals surface area contributed by atoms with Crippen LogP contribution in [-0.4, -0.2) is 24.4 Å². The van der Waals surface area contributed by atoms with Gasteiger partial charge in [0.1, 0.15) is 0 Å². The first-order valence-electron chi connectivity index (χ1n) is 5.43. The summed E-state index contributed by atoms with van der Waals surface area (Å²) in [6.07, 6.45) is 0.579. The van der Waals surface area contributed by atoms with Crippen LogP contribution in [0.25, 0.3) is 0 Å². The lowest BCUT2D eigenvalue weighted by Gasteiger charge is -2.31. The zero-order chi connectivity index (χ0) is 12.2. The quantitative estimate of drug-likeness (QED) is 0.860. The van der Waals surface area contributed by atoms with Crippen LogP contribution in [-0.2, 0) is 11.2 Å². The lowest BCUT2D eigenvalue weighted by molar-refractivity contribution is -0.0637. The third-order valence-electron chi connectivity index (χ3n) is 2.89. The van der Waals surface area contributed by atoms with Gasteiger partial charge in [-0.25, -0.2) is 0 Å². The van der Waals surface area contributed by atoms with Crippen LogP contribution in [0, 0.1) is 5.92 Å². The number of hydrogen-bond donors (Lipinski definition) is 1. The minimum absolute atomic E-state index is 0.142. The summed E-state index contributed by atoms with van der Waals surface area (Å²) in [5.41, 5.74) is 0.250. The lowest BCUT2D eigenvalue weighted by Crippen LogP contribution is -2.42. The van der Waals surface area contributed by atoms with Crippen LogP contribution in [0.1, 0.15) is 19.4 Å². The fourth-order valence-electron chi connectivity index (χ4n) is 1.63. The molecule has 0 bridgehead atoms. The third-order valence-corrected chi connectivity index (χ3v) is 3.14. The molecule has 0 aromatic heterocycles. The van der Waals surface area contributed by atoms with Crippen LogP contribution in [0.5, 0.6) is 0 Å². The summed E-state index contributed by atoms with van der Waals surface area (Å²) in [5.74, 6) is 0.142. The van der Waals surface area contributed by atoms with Gasteiger partial charge in [0.15, 0.2) is 0 Å². The molecule has 16 heavy (non-hydrogen) atoms. The Bertz CT molecular complexity index is 321. The molecule has 0 aliphatic carbocycles. The molecular formula is C13H19ClO2. The maximum atomic E-state index is 10.5. The molecule has 1 aromatic carbocycles. The first-order chi connectivity index (χ1) is 7.48. The van der Waals surface area contributed by atoms with Crippen molar-refractivity contribution in [2.24, 2.45) is 5.92 Å². The fraction of sp³-hybridized carbons (Fsp3) is 0.538. The Morgan fingerprint density at radius 3 is 2.31 bits per heavy atom. The highest BCUT2D eigenvalue weighted by atomic mass is 35.5. The fourth-order valence-corrected chi connectivity index (χ4v) is 1.75. The van der Waals surface area contributed by atoms with Crippen LogP contribution in [0.4, 0.5) is 0 Å². The molecule has 0 amide bonds. The van der Waals surface area contributed by atoms with E-state index in [9.17, 15) is 5.11 Å². The van der Waals surface area contributed by atoms with Crippen molar-refractivity contribution in [1.82, 2.24) is 0 Å². The number of hydrogen-bond acceptors (Lipinski definition) is 2. The van der Waals surface area contributed by atoms with Crippen molar-refractivity contribution in [2.75, 3.05) is 13.7 Å². The second kappa shape index (κ2) is 5.67. The molecule has 1 N–H and O–H groups in total. The van der Waals surface area contributed by atoms with E-state index in [1.54, 1.807) is 7.11 Å². The summed E-state index contributed by atoms with van der Waals surface area (Å²) < 4.78 is 5.09. The normalized spacial score (nSPS) is 15.1. The van der Waals surface area contributed by atoms with Gasteiger partial charge in [-0.1, -0.05) is 37.6 Å². The Labute approximate surface area is 102 Å². The summed E-state index contributed by atoms with van der Waals surface area (Å²) in [4.78, 5) is 0. The van der Waals surface area contributed by atoms with E-state index >= 15 is 0 Å². The maximum Gasteiger partial charge on any atom is 0.0942 e. The van der Waals surface area contributed by atoms with E-state index in [1.807, 2.05) is 38.1 Å². The second-order valence-corrected chi connectivity index (χ2v) is 4.93. The Morgan fingerprint density at radius 2 is 1.88 bits per heavy atom. The molecule has 0 aliphatic rings. The Hall–Kier alpha value is -0.570. The van der Waals surface area contributed by atoms with E-state index in [0.717, 1.165) is 5.56 Å². The summed E-state index contributed by atoms with van der Waals surface area (Å²) in [5, 5.41) is 11.2. The molecule has 0 aliphatic heterocycles. The van der Waals surface area contributed by atoms with Crippen molar-refractivity contribution in [3.8, 4) is 0 Å². The van der Waals surface area contributed by atoms with Crippen LogP contribution >= 0.6 is 11.6 Å². The Kier molecular flexibility index (Phi) is 4.78. The number of methoxy groups -OCH3 is 1. The standard InChI is InChI=1S/C13H19ClO2/c1-10(2)13(15,9-16-3)8-11-4-6-12(14)7-5-11/h4-7,10,15H,8-9H2,1-3H3. The van der Waals surface area contributed by atoms with Gasteiger partial charge in [0.25, 0.3) is 0 Å². The predicted octanol–water partition coefficient (Wildman–Crippen LogP) is 2.92. The summed E-state index contributed by atoms with van der Waals surface area (Å²) in [7, 11) is 1.61. The van der Waals surface area contributed by atoms with Gasteiger partial charge >= 0.3 is 0 Å². The SMILES string of the molecule is COCC(O)(Cc1ccc(Cl)cc1)C(C)C. The summed E-state index contributed by atoms with van der Waals surface area (Å²) >= 11 is 5.82. The Morgan fingerprint density at radius 1 is 1.31 bits per heavy atom. The van der Waals surface area contributed by atoms with Crippen LogP contribution in [0.2, 0.25) is 5.02 Å². The van der Waals surface area contributed by atoms with Crippen LogP contribution < -0.4 is 0 Å². The zero-order valence-electron chi connectivity index (χ0n) is 10.0. The van der Waals surface area contributed by atoms with Crippen molar-refractivity contribution in [2.45, 2.75) is 25.9 Å². The predicted molar refractivity (Wildman–Crippen MR) is 66.8 cm³/mol. The molecule has 0 saturated heterocycles. The van der Waals surface area contributed by atoms with E-state index < -0.39 is 5.60 Å². The minimum atomic E-state index is -0.817. The van der Waals surface area contributed by atoms with Crippen LogP contribution in [0.15, 0.2) is 24.3 Å². The van der Waals surface area contributed by atoms with E-state index in [0.29, 0.717) is 18.1 Å². The second-order valence-electron chi connectivity index (χ2n) is 4.49. The highest BCUT2D eigenvalue weighted by molar-refractivity contribution is 6.30. The van der Waals surface area contributed by atoms with Crippen molar-refractivity contribution < 1.29 is 9.84 Å². The first kappa shape index (κ1) is 13.5. The number of halogens is 1. The molecule has 1 unspecified atom stereocenters. The van der Waals surface area contributed by atoms with E-state index in [-0.39, 0.29) is 5.92 Å². The van der Waals surface area contributed by atoms with Crippen molar-refractivity contribution in [1.29, 1.82) is 0 Å². The number of benzene rings is 1. The molecule has 0 fully saturated rings. The average Bonchev–Trinajstić information content (AvgIpc) is 2.22. The molecular weight excluding hydrogens is 224 g/mol. The van der Waals surface area contributed by atoms with Gasteiger partial charge in [-0.05, 0) is 23.6 Å². The monoisotopic (exact) mass is 242 g/mol. The van der Waals surface area contributed by atoms with E-state index in [1.165, 1.54) is 0 Å². The lowest BCUT2D eigenvalue weighted by atomic mass is 9.85. The number of rotatable bonds is 5. The van der Waals surface area contributed by atoms with Gasteiger partial charge in [-0.3, -0.25) is 0 Å². The van der Waals surface area contributed by atoms with Gasteiger partial charge in [0, 0.05) is 18.6 Å². The molecule has 0 radical (unpaired) electrons. The van der Waals surface area contributed by atoms with Crippen molar-refractivity contribution >= 4 is 11.6 Å². The molecule has 1 atom stereocenters. The first-order valence-corrected chi connectivity index (χ1v) is 5.81. The maximum absolute atomic E-state index is 10.5. The van der Waals surface area contributed by atoms with E-state index in [4.69, 9.17) is 16.3 Å². The topological polar surface area (TPSA) is 29.5 Å². The summed E-state index contributed by atoms with van der Waals surface area (Å²) in [6.45, 7) is 4.33. The number of ether oxygens (including phenoxy) is 1. The minimum Gasteiger partial charge on any atom is -0.387 e. The average molecular weight is 243 g/mol. The largest absolute Gasteiger partial charge is 0.387 e. The van der Waals surface area contributed by atoms with Crippen molar-refractivity contribution in [3.63, 3.8) is 0 Å². The Balaban J connectivity index is 2.79. The number of aliphatic hydroxyl groups is 1. The van der Waals surface area contributed by atoms with Crippen LogP contribution in [0.3, 0.4) is 0 Å². The highest BCUT2D eigenvalue weighted by Crippen LogP contribution is 2.23. The molecule has 0 heterocycles. The molecule has 0 spiro atoms. The molecule has 3 heteroatoms. The van der Waals surface area contributed by atoms with Gasteiger partial charge < -0.3 is 9.84 Å². The van der Waals surface area contributed by atoms with Gasteiger partial charge in [-0.2, -0.15) is 0 Å². The van der Waals surface area contributed by atoms with Gasteiger partial charge in [-0.15, -0.1) is 0 Å². The smallest absolute Gasteiger partial charge is 0.0942 e. The molecule has 2 nitrogen and oxygen atoms in total. The molecule has 0 saturated carbocycles.